The molecule has 0 aliphatic carbocycles. The summed E-state index contributed by atoms with van der Waals surface area (Å²) in [6, 6.07) is 3.49. The molecule has 0 aliphatic heterocycles. The summed E-state index contributed by atoms with van der Waals surface area (Å²) in [5.74, 6) is 0. The van der Waals surface area contributed by atoms with Crippen LogP contribution >= 0.6 is 0 Å². The van der Waals surface area contributed by atoms with Gasteiger partial charge in [-0.3, -0.25) is 4.98 Å². The summed E-state index contributed by atoms with van der Waals surface area (Å²) in [5.41, 5.74) is 2.14. The monoisotopic (exact) mass is 288 g/mol. The normalized spacial score (nSPS) is 13.2. The van der Waals surface area contributed by atoms with Crippen molar-refractivity contribution in [3.63, 3.8) is 0 Å². The van der Waals surface area contributed by atoms with E-state index in [-0.39, 0.29) is 4.91 Å². The molecule has 4 nitrogen and oxygen atoms in total. The first-order valence-corrected chi connectivity index (χ1v) is 7.60. The Bertz CT molecular complexity index is 812. The van der Waals surface area contributed by atoms with E-state index in [9.17, 15) is 8.42 Å². The van der Waals surface area contributed by atoms with Gasteiger partial charge >= 0.3 is 0 Å². The van der Waals surface area contributed by atoms with E-state index in [1.807, 2.05) is 6.92 Å². The Balaban J connectivity index is 2.69. The van der Waals surface area contributed by atoms with Gasteiger partial charge in [0.25, 0.3) is 10.0 Å². The zero-order valence-corrected chi connectivity index (χ0v) is 12.3. The van der Waals surface area contributed by atoms with Crippen LogP contribution in [-0.2, 0) is 10.0 Å². The maximum atomic E-state index is 12.7. The first-order chi connectivity index (χ1) is 9.52. The highest BCUT2D eigenvalue weighted by Gasteiger charge is 2.20. The third-order valence-electron chi connectivity index (χ3n) is 2.98. The van der Waals surface area contributed by atoms with Crippen LogP contribution in [0.5, 0.6) is 0 Å². The number of rotatable bonds is 4. The zero-order chi connectivity index (χ0) is 14.8. The smallest absolute Gasteiger partial charge is 0.255 e. The number of fused-ring (bicyclic) bond motifs is 1. The van der Waals surface area contributed by atoms with E-state index in [1.54, 1.807) is 43.5 Å². The van der Waals surface area contributed by atoms with E-state index in [0.29, 0.717) is 11.0 Å². The predicted molar refractivity (Wildman–Crippen MR) is 81.9 cm³/mol. The summed E-state index contributed by atoms with van der Waals surface area (Å²) >= 11 is 0. The number of allylic oxidation sites excluding steroid dienone is 4. The lowest BCUT2D eigenvalue weighted by atomic mass is 10.2. The van der Waals surface area contributed by atoms with E-state index in [4.69, 9.17) is 0 Å². The van der Waals surface area contributed by atoms with Crippen LogP contribution in [0, 0.1) is 6.92 Å². The highest BCUT2D eigenvalue weighted by Crippen LogP contribution is 2.23. The third-order valence-corrected chi connectivity index (χ3v) is 4.77. The van der Waals surface area contributed by atoms with E-state index < -0.39 is 10.0 Å². The van der Waals surface area contributed by atoms with Gasteiger partial charge in [-0.2, -0.15) is 0 Å². The lowest BCUT2D eigenvalue weighted by Gasteiger charge is -2.09. The molecule has 0 saturated heterocycles. The van der Waals surface area contributed by atoms with Gasteiger partial charge in [0, 0.05) is 12.4 Å². The van der Waals surface area contributed by atoms with Crippen molar-refractivity contribution in [2.45, 2.75) is 13.8 Å². The molecule has 0 spiro atoms. The van der Waals surface area contributed by atoms with Gasteiger partial charge in [0.15, 0.2) is 0 Å². The molecule has 20 heavy (non-hydrogen) atoms. The molecule has 2 aromatic rings. The maximum absolute atomic E-state index is 12.7. The largest absolute Gasteiger partial charge is 0.267 e. The number of hydrogen-bond acceptors (Lipinski definition) is 3. The molecule has 0 atom stereocenters. The second-order valence-electron chi connectivity index (χ2n) is 4.26. The van der Waals surface area contributed by atoms with E-state index in [0.717, 1.165) is 5.56 Å². The van der Waals surface area contributed by atoms with Crippen LogP contribution in [0.3, 0.4) is 0 Å². The molecule has 0 N–H and O–H groups in total. The second-order valence-corrected chi connectivity index (χ2v) is 6.08. The summed E-state index contributed by atoms with van der Waals surface area (Å²) in [6.07, 6.45) is 9.43. The predicted octanol–water partition coefficient (Wildman–Crippen LogP) is 3.17. The Morgan fingerprint density at radius 3 is 2.80 bits per heavy atom. The molecule has 5 heteroatoms. The van der Waals surface area contributed by atoms with E-state index in [2.05, 4.69) is 11.6 Å². The molecule has 0 aromatic carbocycles. The van der Waals surface area contributed by atoms with Gasteiger partial charge < -0.3 is 0 Å². The standard InChI is InChI=1S/C15H16N2O2S/c1-4-6-7-13(5-2)20(18,19)17-11-9-14-15(17)12(3)8-10-16-14/h4-11H,1H2,2-3H3/b7-6-,13-5+. The molecule has 0 saturated carbocycles. The Morgan fingerprint density at radius 1 is 1.40 bits per heavy atom. The quantitative estimate of drug-likeness (QED) is 0.812. The Morgan fingerprint density at radius 2 is 2.15 bits per heavy atom. The molecule has 2 heterocycles. The van der Waals surface area contributed by atoms with Gasteiger partial charge in [-0.1, -0.05) is 24.8 Å². The Kier molecular flexibility index (Phi) is 3.90. The fourth-order valence-corrected chi connectivity index (χ4v) is 3.48. The molecule has 0 aliphatic rings. The van der Waals surface area contributed by atoms with Crippen molar-refractivity contribution in [3.05, 3.63) is 65.9 Å². The number of pyridine rings is 1. The molecule has 0 amide bonds. The van der Waals surface area contributed by atoms with Crippen molar-refractivity contribution in [2.75, 3.05) is 0 Å². The van der Waals surface area contributed by atoms with E-state index in [1.165, 1.54) is 16.2 Å². The molecule has 0 fully saturated rings. The van der Waals surface area contributed by atoms with Crippen LogP contribution in [0.1, 0.15) is 12.5 Å². The summed E-state index contributed by atoms with van der Waals surface area (Å²) in [4.78, 5) is 4.41. The Labute approximate surface area is 118 Å². The molecule has 104 valence electrons. The SMILES string of the molecule is C=C/C=C\C(=C/C)S(=O)(=O)n1ccc2nccc(C)c21. The van der Waals surface area contributed by atoms with Gasteiger partial charge in [0.1, 0.15) is 0 Å². The van der Waals surface area contributed by atoms with Gasteiger partial charge in [-0.15, -0.1) is 0 Å². The van der Waals surface area contributed by atoms with Crippen molar-refractivity contribution in [1.82, 2.24) is 8.96 Å². The molecular weight excluding hydrogens is 272 g/mol. The highest BCUT2D eigenvalue weighted by atomic mass is 32.2. The number of nitrogens with zero attached hydrogens (tertiary/aromatic N) is 2. The number of aromatic nitrogens is 2. The van der Waals surface area contributed by atoms with Crippen molar-refractivity contribution < 1.29 is 8.42 Å². The summed E-state index contributed by atoms with van der Waals surface area (Å²) in [5, 5.41) is 0. The highest BCUT2D eigenvalue weighted by molar-refractivity contribution is 7.94. The van der Waals surface area contributed by atoms with E-state index >= 15 is 0 Å². The van der Waals surface area contributed by atoms with Crippen LogP contribution in [0.2, 0.25) is 0 Å². The lowest BCUT2D eigenvalue weighted by molar-refractivity contribution is 0.596. The topological polar surface area (TPSA) is 52.0 Å². The summed E-state index contributed by atoms with van der Waals surface area (Å²) in [7, 11) is -3.63. The average molecular weight is 288 g/mol. The van der Waals surface area contributed by atoms with Crippen molar-refractivity contribution in [1.29, 1.82) is 0 Å². The summed E-state index contributed by atoms with van der Waals surface area (Å²) in [6.45, 7) is 7.11. The van der Waals surface area contributed by atoms with Crippen molar-refractivity contribution >= 4 is 21.1 Å². The van der Waals surface area contributed by atoms with Crippen LogP contribution in [0.15, 0.2) is 60.3 Å². The van der Waals surface area contributed by atoms with Crippen LogP contribution < -0.4 is 0 Å². The van der Waals surface area contributed by atoms with Crippen molar-refractivity contribution in [3.8, 4) is 0 Å². The molecule has 0 bridgehead atoms. The van der Waals surface area contributed by atoms with Gasteiger partial charge in [0.2, 0.25) is 0 Å². The molecule has 2 rings (SSSR count). The maximum Gasteiger partial charge on any atom is 0.267 e. The van der Waals surface area contributed by atoms with Gasteiger partial charge in [0.05, 0.1) is 15.9 Å². The zero-order valence-electron chi connectivity index (χ0n) is 11.4. The molecule has 0 unspecified atom stereocenters. The lowest BCUT2D eigenvalue weighted by Crippen LogP contribution is -2.13. The fourth-order valence-electron chi connectivity index (χ4n) is 2.00. The third kappa shape index (κ3) is 2.32. The minimum absolute atomic E-state index is 0.221. The van der Waals surface area contributed by atoms with Gasteiger partial charge in [-0.25, -0.2) is 12.4 Å². The van der Waals surface area contributed by atoms with Gasteiger partial charge in [-0.05, 0) is 37.6 Å². The molecule has 2 aromatic heterocycles. The van der Waals surface area contributed by atoms with Crippen LogP contribution in [-0.4, -0.2) is 17.4 Å². The first kappa shape index (κ1) is 14.3. The number of hydrogen-bond donors (Lipinski definition) is 0. The second kappa shape index (κ2) is 5.46. The first-order valence-electron chi connectivity index (χ1n) is 6.16. The minimum atomic E-state index is -3.63. The fraction of sp³-hybridized carbons (Fsp3) is 0.133. The average Bonchev–Trinajstić information content (AvgIpc) is 2.85. The summed E-state index contributed by atoms with van der Waals surface area (Å²) < 4.78 is 26.6. The Hall–Kier alpha value is -2.14. The van der Waals surface area contributed by atoms with Crippen molar-refractivity contribution in [2.24, 2.45) is 0 Å². The van der Waals surface area contributed by atoms with Crippen LogP contribution in [0.25, 0.3) is 11.0 Å². The molecule has 0 radical (unpaired) electrons. The minimum Gasteiger partial charge on any atom is -0.255 e. The molecular formula is C15H16N2O2S. The van der Waals surface area contributed by atoms with Crippen LogP contribution in [0.4, 0.5) is 0 Å². The number of aryl methyl sites for hydroxylation is 1.